The van der Waals surface area contributed by atoms with Crippen molar-refractivity contribution in [3.05, 3.63) is 12.2 Å². The lowest BCUT2D eigenvalue weighted by Gasteiger charge is -2.45. The van der Waals surface area contributed by atoms with Crippen LogP contribution in [0, 0.1) is 28.6 Å². The zero-order valence-electron chi connectivity index (χ0n) is 19.2. The second kappa shape index (κ2) is 5.98. The smallest absolute Gasteiger partial charge is 0.317 e. The molecule has 6 aliphatic rings. The van der Waals surface area contributed by atoms with Gasteiger partial charge in [0.05, 0.1) is 19.6 Å². The minimum Gasteiger partial charge on any atom is -0.469 e. The van der Waals surface area contributed by atoms with Crippen molar-refractivity contribution in [3.63, 3.8) is 0 Å². The lowest BCUT2D eigenvalue weighted by Crippen LogP contribution is -2.52. The molecule has 5 fully saturated rings. The van der Waals surface area contributed by atoms with E-state index in [2.05, 4.69) is 0 Å². The monoisotopic (exact) mass is 460 g/mol. The molecular formula is C24H28O9. The molecule has 2 saturated heterocycles. The number of hydrogen-bond donors (Lipinski definition) is 0. The molecule has 9 nitrogen and oxygen atoms in total. The summed E-state index contributed by atoms with van der Waals surface area (Å²) in [4.78, 5) is 50.8. The van der Waals surface area contributed by atoms with E-state index in [4.69, 9.17) is 23.7 Å². The predicted octanol–water partition coefficient (Wildman–Crippen LogP) is 1.47. The summed E-state index contributed by atoms with van der Waals surface area (Å²) in [6, 6.07) is 0. The van der Waals surface area contributed by atoms with Gasteiger partial charge in [-0.15, -0.1) is 0 Å². The molecule has 9 heteroatoms. The third kappa shape index (κ3) is 2.18. The zero-order valence-corrected chi connectivity index (χ0v) is 19.2. The lowest BCUT2D eigenvalue weighted by molar-refractivity contribution is -0.174. The Balaban J connectivity index is 1.54. The highest BCUT2D eigenvalue weighted by atomic mass is 16.6. The first-order valence-electron chi connectivity index (χ1n) is 11.5. The molecule has 0 amide bonds. The van der Waals surface area contributed by atoms with E-state index in [0.29, 0.717) is 32.3 Å². The standard InChI is InChI=1S/C24H28O9/c1-12(25)31-15-6-8-24-14-5-7-22(32-13(2)26)9-21(14,10-23(22)11-30-23)16(18(27)29-4)17(24)20(15,3)19(28)33-24/h6,8,14-17H,5,7,9-11H2,1-4H3/t14-,15+,16-,17-,20-,21-,22+,23-,24-/m1/s1. The number of carbonyl (C=O) groups excluding carboxylic acids is 4. The molecule has 0 N–H and O–H groups in total. The first-order chi connectivity index (χ1) is 15.5. The molecular weight excluding hydrogens is 432 g/mol. The summed E-state index contributed by atoms with van der Waals surface area (Å²) in [5.41, 5.74) is -4.33. The predicted molar refractivity (Wildman–Crippen MR) is 108 cm³/mol. The molecule has 178 valence electrons. The third-order valence-corrected chi connectivity index (χ3v) is 9.63. The van der Waals surface area contributed by atoms with Gasteiger partial charge in [0.2, 0.25) is 0 Å². The Kier molecular flexibility index (Phi) is 3.83. The highest BCUT2D eigenvalue weighted by Crippen LogP contribution is 2.80. The molecule has 0 aromatic rings. The van der Waals surface area contributed by atoms with Gasteiger partial charge < -0.3 is 23.7 Å². The van der Waals surface area contributed by atoms with Crippen LogP contribution in [-0.4, -0.2) is 60.5 Å². The molecule has 0 aromatic heterocycles. The third-order valence-electron chi connectivity index (χ3n) is 9.63. The van der Waals surface area contributed by atoms with Crippen LogP contribution in [0.2, 0.25) is 0 Å². The van der Waals surface area contributed by atoms with E-state index in [0.717, 1.165) is 0 Å². The van der Waals surface area contributed by atoms with Gasteiger partial charge in [0, 0.05) is 25.7 Å². The fraction of sp³-hybridized carbons (Fsp3) is 0.750. The SMILES string of the molecule is COC(=O)[C@H]1[C@H]2[C@@]3(C=C[C@H](OC(C)=O)[C@@]2(C)C(=O)O3)[C@@H]2CC[C@]3(OC(C)=O)C[C@@]21C[C@@]31CO1. The first kappa shape index (κ1) is 21.1. The summed E-state index contributed by atoms with van der Waals surface area (Å²) in [5.74, 6) is -3.24. The van der Waals surface area contributed by atoms with Crippen LogP contribution in [-0.2, 0) is 42.9 Å². The molecule has 2 spiro atoms. The molecule has 2 heterocycles. The Morgan fingerprint density at radius 3 is 2.48 bits per heavy atom. The van der Waals surface area contributed by atoms with Crippen molar-refractivity contribution in [1.82, 2.24) is 0 Å². The van der Waals surface area contributed by atoms with Gasteiger partial charge in [-0.3, -0.25) is 19.2 Å². The number of fused-ring (bicyclic) bond motifs is 2. The van der Waals surface area contributed by atoms with Crippen molar-refractivity contribution >= 4 is 23.9 Å². The molecule has 2 aliphatic heterocycles. The number of rotatable bonds is 3. The van der Waals surface area contributed by atoms with Gasteiger partial charge in [-0.05, 0) is 50.2 Å². The minimum absolute atomic E-state index is 0.174. The van der Waals surface area contributed by atoms with Crippen LogP contribution in [0.25, 0.3) is 0 Å². The number of carbonyl (C=O) groups is 4. The van der Waals surface area contributed by atoms with Gasteiger partial charge in [0.1, 0.15) is 28.3 Å². The molecule has 3 saturated carbocycles. The van der Waals surface area contributed by atoms with Crippen LogP contribution in [0.15, 0.2) is 12.2 Å². The summed E-state index contributed by atoms with van der Waals surface area (Å²) in [6.45, 7) is 4.87. The lowest BCUT2D eigenvalue weighted by atomic mass is 9.61. The van der Waals surface area contributed by atoms with Crippen molar-refractivity contribution < 1.29 is 42.9 Å². The first-order valence-corrected chi connectivity index (χ1v) is 11.5. The van der Waals surface area contributed by atoms with E-state index in [1.165, 1.54) is 21.0 Å². The summed E-state index contributed by atoms with van der Waals surface area (Å²) < 4.78 is 29.0. The van der Waals surface area contributed by atoms with Crippen LogP contribution < -0.4 is 0 Å². The van der Waals surface area contributed by atoms with Crippen molar-refractivity contribution in [2.24, 2.45) is 28.6 Å². The molecule has 0 unspecified atom stereocenters. The highest BCUT2D eigenvalue weighted by molar-refractivity contribution is 5.87. The van der Waals surface area contributed by atoms with Crippen molar-refractivity contribution in [2.75, 3.05) is 13.7 Å². The summed E-state index contributed by atoms with van der Waals surface area (Å²) in [7, 11) is 1.34. The Hall–Kier alpha value is -2.42. The number of ether oxygens (including phenoxy) is 5. The van der Waals surface area contributed by atoms with E-state index in [1.807, 2.05) is 6.08 Å². The van der Waals surface area contributed by atoms with E-state index in [-0.39, 0.29) is 11.9 Å². The van der Waals surface area contributed by atoms with E-state index in [1.54, 1.807) is 13.0 Å². The van der Waals surface area contributed by atoms with E-state index >= 15 is 0 Å². The van der Waals surface area contributed by atoms with Gasteiger partial charge in [-0.1, -0.05) is 0 Å². The Labute approximate surface area is 191 Å². The van der Waals surface area contributed by atoms with Crippen molar-refractivity contribution in [3.8, 4) is 0 Å². The van der Waals surface area contributed by atoms with Crippen LogP contribution in [0.4, 0.5) is 0 Å². The number of methoxy groups -OCH3 is 1. The van der Waals surface area contributed by atoms with E-state index < -0.39 is 63.5 Å². The van der Waals surface area contributed by atoms with Gasteiger partial charge in [-0.25, -0.2) is 0 Å². The Bertz CT molecular complexity index is 1030. The van der Waals surface area contributed by atoms with Crippen molar-refractivity contribution in [2.45, 2.75) is 69.4 Å². The molecule has 6 rings (SSSR count). The Morgan fingerprint density at radius 1 is 1.15 bits per heavy atom. The normalized spacial score (nSPS) is 52.1. The quantitative estimate of drug-likeness (QED) is 0.267. The molecule has 9 atom stereocenters. The average molecular weight is 460 g/mol. The fourth-order valence-electron chi connectivity index (χ4n) is 8.67. The van der Waals surface area contributed by atoms with Gasteiger partial charge in [-0.2, -0.15) is 0 Å². The molecule has 33 heavy (non-hydrogen) atoms. The second-order valence-electron chi connectivity index (χ2n) is 10.9. The molecule has 0 radical (unpaired) electrons. The topological polar surface area (TPSA) is 118 Å². The number of epoxide rings is 1. The van der Waals surface area contributed by atoms with Crippen LogP contribution in [0.5, 0.6) is 0 Å². The maximum absolute atomic E-state index is 13.5. The summed E-state index contributed by atoms with van der Waals surface area (Å²) in [5, 5.41) is 0. The van der Waals surface area contributed by atoms with Gasteiger partial charge >= 0.3 is 23.9 Å². The zero-order chi connectivity index (χ0) is 23.6. The maximum Gasteiger partial charge on any atom is 0.317 e. The maximum atomic E-state index is 13.5. The molecule has 4 bridgehead atoms. The fourth-order valence-corrected chi connectivity index (χ4v) is 8.67. The second-order valence-corrected chi connectivity index (χ2v) is 10.9. The van der Waals surface area contributed by atoms with E-state index in [9.17, 15) is 19.2 Å². The van der Waals surface area contributed by atoms with Crippen LogP contribution in [0.3, 0.4) is 0 Å². The van der Waals surface area contributed by atoms with Gasteiger partial charge in [0.15, 0.2) is 0 Å². The van der Waals surface area contributed by atoms with Crippen LogP contribution >= 0.6 is 0 Å². The van der Waals surface area contributed by atoms with Gasteiger partial charge in [0.25, 0.3) is 0 Å². The largest absolute Gasteiger partial charge is 0.469 e. The average Bonchev–Trinajstić information content (AvgIpc) is 3.39. The number of esters is 4. The number of hydrogen-bond acceptors (Lipinski definition) is 9. The van der Waals surface area contributed by atoms with Crippen LogP contribution in [0.1, 0.15) is 46.5 Å². The molecule has 4 aliphatic carbocycles. The summed E-state index contributed by atoms with van der Waals surface area (Å²) in [6.07, 6.45) is 4.87. The Morgan fingerprint density at radius 2 is 1.88 bits per heavy atom. The highest BCUT2D eigenvalue weighted by Gasteiger charge is 2.88. The summed E-state index contributed by atoms with van der Waals surface area (Å²) >= 11 is 0. The molecule has 0 aromatic carbocycles. The minimum atomic E-state index is -1.24. The van der Waals surface area contributed by atoms with Crippen molar-refractivity contribution in [1.29, 1.82) is 0 Å².